The third-order valence-corrected chi connectivity index (χ3v) is 4.98. The van der Waals surface area contributed by atoms with Crippen LogP contribution in [0.25, 0.3) is 11.1 Å². The lowest BCUT2D eigenvalue weighted by molar-refractivity contribution is 0.788. The minimum Gasteiger partial charge on any atom is -0.0617 e. The Morgan fingerprint density at radius 1 is 0.500 bits per heavy atom. The Balaban J connectivity index is 2.88. The molecule has 24 heavy (non-hydrogen) atoms. The van der Waals surface area contributed by atoms with E-state index in [0.717, 1.165) is 0 Å². The van der Waals surface area contributed by atoms with Crippen molar-refractivity contribution in [1.29, 1.82) is 0 Å². The summed E-state index contributed by atoms with van der Waals surface area (Å²) in [7, 11) is 0. The zero-order chi connectivity index (χ0) is 18.0. The number of hydrogen-bond acceptors (Lipinski definition) is 0. The molecule has 0 amide bonds. The molecule has 0 fully saturated rings. The van der Waals surface area contributed by atoms with Crippen LogP contribution in [0, 0.1) is 0 Å². The van der Waals surface area contributed by atoms with Crippen LogP contribution in [0.4, 0.5) is 0 Å². The van der Waals surface area contributed by atoms with Crippen molar-refractivity contribution in [1.82, 2.24) is 0 Å². The highest BCUT2D eigenvalue weighted by molar-refractivity contribution is 5.77. The Kier molecular flexibility index (Phi) is 5.91. The highest BCUT2D eigenvalue weighted by atomic mass is 14.3. The van der Waals surface area contributed by atoms with E-state index in [1.807, 2.05) is 0 Å². The van der Waals surface area contributed by atoms with Gasteiger partial charge in [-0.3, -0.25) is 0 Å². The summed E-state index contributed by atoms with van der Waals surface area (Å²) >= 11 is 0. The highest BCUT2D eigenvalue weighted by Crippen LogP contribution is 2.42. The zero-order valence-corrected chi connectivity index (χ0v) is 16.8. The van der Waals surface area contributed by atoms with Gasteiger partial charge in [0.05, 0.1) is 0 Å². The maximum atomic E-state index is 2.34. The van der Waals surface area contributed by atoms with E-state index in [1.54, 1.807) is 0 Å². The van der Waals surface area contributed by atoms with Gasteiger partial charge in [-0.05, 0) is 57.1 Å². The van der Waals surface area contributed by atoms with Gasteiger partial charge < -0.3 is 0 Å². The standard InChI is InChI=1S/C24H34/c1-15(2)19-11-10-14-22(23(19)18(7)8)24-20(16(3)4)12-9-13-21(24)17(5)6/h9-18H,1-8H3. The van der Waals surface area contributed by atoms with Crippen LogP contribution in [-0.2, 0) is 0 Å². The molecule has 0 saturated heterocycles. The van der Waals surface area contributed by atoms with E-state index in [4.69, 9.17) is 0 Å². The molecule has 0 radical (unpaired) electrons. The van der Waals surface area contributed by atoms with Crippen molar-refractivity contribution in [3.63, 3.8) is 0 Å². The summed E-state index contributed by atoms with van der Waals surface area (Å²) in [6.07, 6.45) is 0. The predicted octanol–water partition coefficient (Wildman–Crippen LogP) is 7.85. The summed E-state index contributed by atoms with van der Waals surface area (Å²) in [6.45, 7) is 18.5. The van der Waals surface area contributed by atoms with E-state index in [9.17, 15) is 0 Å². The third-order valence-electron chi connectivity index (χ3n) is 4.98. The molecule has 0 heterocycles. The monoisotopic (exact) mass is 322 g/mol. The van der Waals surface area contributed by atoms with Gasteiger partial charge in [-0.25, -0.2) is 0 Å². The first-order valence-electron chi connectivity index (χ1n) is 9.51. The summed E-state index contributed by atoms with van der Waals surface area (Å²) in [4.78, 5) is 0. The highest BCUT2D eigenvalue weighted by Gasteiger charge is 2.21. The van der Waals surface area contributed by atoms with E-state index in [1.165, 1.54) is 33.4 Å². The molecule has 0 bridgehead atoms. The second-order valence-corrected chi connectivity index (χ2v) is 8.24. The van der Waals surface area contributed by atoms with E-state index in [2.05, 4.69) is 91.8 Å². The molecule has 0 aliphatic rings. The molecule has 2 aromatic rings. The van der Waals surface area contributed by atoms with Gasteiger partial charge in [-0.2, -0.15) is 0 Å². The van der Waals surface area contributed by atoms with Crippen LogP contribution in [-0.4, -0.2) is 0 Å². The maximum absolute atomic E-state index is 2.34. The van der Waals surface area contributed by atoms with E-state index < -0.39 is 0 Å². The Morgan fingerprint density at radius 2 is 0.917 bits per heavy atom. The molecule has 0 aliphatic carbocycles. The number of benzene rings is 2. The minimum absolute atomic E-state index is 0.527. The smallest absolute Gasteiger partial charge is 0.0112 e. The van der Waals surface area contributed by atoms with Crippen molar-refractivity contribution in [2.24, 2.45) is 0 Å². The van der Waals surface area contributed by atoms with Crippen LogP contribution in [0.2, 0.25) is 0 Å². The first-order chi connectivity index (χ1) is 11.3. The number of rotatable bonds is 5. The van der Waals surface area contributed by atoms with E-state index in [-0.39, 0.29) is 0 Å². The summed E-state index contributed by atoms with van der Waals surface area (Å²) in [5.74, 6) is 2.14. The van der Waals surface area contributed by atoms with Crippen molar-refractivity contribution in [2.45, 2.75) is 79.1 Å². The summed E-state index contributed by atoms with van der Waals surface area (Å²) in [6, 6.07) is 13.8. The van der Waals surface area contributed by atoms with Gasteiger partial charge in [0.15, 0.2) is 0 Å². The quantitative estimate of drug-likeness (QED) is 0.525. The number of hydrogen-bond donors (Lipinski definition) is 0. The van der Waals surface area contributed by atoms with E-state index >= 15 is 0 Å². The molecule has 2 aromatic carbocycles. The topological polar surface area (TPSA) is 0 Å². The average Bonchev–Trinajstić information content (AvgIpc) is 2.52. The summed E-state index contributed by atoms with van der Waals surface area (Å²) in [5, 5.41) is 0. The Bertz CT molecular complexity index is 661. The maximum Gasteiger partial charge on any atom is -0.0112 e. The largest absolute Gasteiger partial charge is 0.0617 e. The van der Waals surface area contributed by atoms with Gasteiger partial charge in [0.1, 0.15) is 0 Å². The second kappa shape index (κ2) is 7.55. The molecule has 0 spiro atoms. The second-order valence-electron chi connectivity index (χ2n) is 8.24. The molecular formula is C24H34. The van der Waals surface area contributed by atoms with Gasteiger partial charge in [0.25, 0.3) is 0 Å². The molecule has 130 valence electrons. The summed E-state index contributed by atoms with van der Waals surface area (Å²) < 4.78 is 0. The van der Waals surface area contributed by atoms with Crippen molar-refractivity contribution >= 4 is 0 Å². The molecule has 0 aliphatic heterocycles. The predicted molar refractivity (Wildman–Crippen MR) is 108 cm³/mol. The minimum atomic E-state index is 0.527. The fourth-order valence-corrected chi connectivity index (χ4v) is 3.81. The van der Waals surface area contributed by atoms with Gasteiger partial charge in [0, 0.05) is 0 Å². The first kappa shape index (κ1) is 18.8. The molecule has 0 aromatic heterocycles. The van der Waals surface area contributed by atoms with Gasteiger partial charge in [-0.1, -0.05) is 91.8 Å². The van der Waals surface area contributed by atoms with E-state index in [0.29, 0.717) is 23.7 Å². The van der Waals surface area contributed by atoms with Gasteiger partial charge in [-0.15, -0.1) is 0 Å². The normalized spacial score (nSPS) is 12.0. The average molecular weight is 323 g/mol. The van der Waals surface area contributed by atoms with Crippen molar-refractivity contribution in [2.75, 3.05) is 0 Å². The van der Waals surface area contributed by atoms with Crippen LogP contribution in [0.15, 0.2) is 36.4 Å². The lowest BCUT2D eigenvalue weighted by Crippen LogP contribution is -2.06. The summed E-state index contributed by atoms with van der Waals surface area (Å²) in [5.41, 5.74) is 8.91. The van der Waals surface area contributed by atoms with Gasteiger partial charge in [0.2, 0.25) is 0 Å². The van der Waals surface area contributed by atoms with Crippen molar-refractivity contribution in [3.8, 4) is 11.1 Å². The fourth-order valence-electron chi connectivity index (χ4n) is 3.81. The van der Waals surface area contributed by atoms with Crippen LogP contribution in [0.1, 0.15) is 101 Å². The van der Waals surface area contributed by atoms with Crippen LogP contribution in [0.5, 0.6) is 0 Å². The third kappa shape index (κ3) is 3.58. The van der Waals surface area contributed by atoms with Crippen LogP contribution in [0.3, 0.4) is 0 Å². The van der Waals surface area contributed by atoms with Crippen LogP contribution < -0.4 is 0 Å². The molecule has 0 unspecified atom stereocenters. The molecule has 0 atom stereocenters. The lowest BCUT2D eigenvalue weighted by Gasteiger charge is -2.26. The molecule has 0 saturated carbocycles. The SMILES string of the molecule is CC(C)c1cccc(C(C)C)c1-c1cccc(C(C)C)c1C(C)C. The molecule has 2 rings (SSSR count). The fraction of sp³-hybridized carbons (Fsp3) is 0.500. The van der Waals surface area contributed by atoms with Crippen LogP contribution >= 0.6 is 0 Å². The molecule has 0 heteroatoms. The Morgan fingerprint density at radius 3 is 1.33 bits per heavy atom. The molecule has 0 nitrogen and oxygen atoms in total. The van der Waals surface area contributed by atoms with Crippen molar-refractivity contribution < 1.29 is 0 Å². The van der Waals surface area contributed by atoms with Crippen molar-refractivity contribution in [3.05, 3.63) is 58.7 Å². The Labute approximate surface area is 149 Å². The Hall–Kier alpha value is -1.56. The molecular weight excluding hydrogens is 288 g/mol. The lowest BCUT2D eigenvalue weighted by atomic mass is 9.79. The first-order valence-corrected chi connectivity index (χ1v) is 9.51. The van der Waals surface area contributed by atoms with Gasteiger partial charge >= 0.3 is 0 Å². The molecule has 0 N–H and O–H groups in total. The zero-order valence-electron chi connectivity index (χ0n) is 16.8.